The summed E-state index contributed by atoms with van der Waals surface area (Å²) in [5.74, 6) is 1.50. The topological polar surface area (TPSA) is 85.6 Å². The van der Waals surface area contributed by atoms with E-state index in [-0.39, 0.29) is 17.2 Å². The van der Waals surface area contributed by atoms with Crippen molar-refractivity contribution in [3.8, 4) is 0 Å². The van der Waals surface area contributed by atoms with Gasteiger partial charge in [-0.2, -0.15) is 4.98 Å². The Kier molecular flexibility index (Phi) is 4.66. The molecule has 2 aliphatic rings. The van der Waals surface area contributed by atoms with Crippen molar-refractivity contribution in [2.24, 2.45) is 5.41 Å². The summed E-state index contributed by atoms with van der Waals surface area (Å²) in [6.07, 6.45) is 6.65. The molecule has 0 amide bonds. The smallest absolute Gasteiger partial charge is 0.227 e. The summed E-state index contributed by atoms with van der Waals surface area (Å²) in [7, 11) is 0. The zero-order valence-corrected chi connectivity index (χ0v) is 17.7. The first-order chi connectivity index (χ1) is 14.5. The van der Waals surface area contributed by atoms with Gasteiger partial charge in [0.25, 0.3) is 0 Å². The van der Waals surface area contributed by atoms with E-state index in [0.717, 1.165) is 28.9 Å². The van der Waals surface area contributed by atoms with Gasteiger partial charge in [-0.3, -0.25) is 14.8 Å². The summed E-state index contributed by atoms with van der Waals surface area (Å²) in [4.78, 5) is 26.5. The zero-order valence-electron chi connectivity index (χ0n) is 16.9. The minimum Gasteiger partial charge on any atom is -0.328 e. The van der Waals surface area contributed by atoms with Crippen LogP contribution in [0.5, 0.6) is 0 Å². The van der Waals surface area contributed by atoms with Gasteiger partial charge >= 0.3 is 0 Å². The summed E-state index contributed by atoms with van der Waals surface area (Å²) in [5, 5.41) is 8.81. The lowest BCUT2D eigenvalue weighted by molar-refractivity contribution is -0.118. The number of hydrogen-bond donors (Lipinski definition) is 1. The van der Waals surface area contributed by atoms with Crippen molar-refractivity contribution in [2.75, 3.05) is 5.32 Å². The summed E-state index contributed by atoms with van der Waals surface area (Å²) in [6.45, 7) is 4.26. The second-order valence-corrected chi connectivity index (χ2v) is 9.36. The van der Waals surface area contributed by atoms with Crippen LogP contribution in [0.3, 0.4) is 0 Å². The molecule has 0 saturated carbocycles. The Labute approximate surface area is 179 Å². The number of allylic oxidation sites excluding steroid dienone is 2. The van der Waals surface area contributed by atoms with Crippen molar-refractivity contribution in [3.63, 3.8) is 0 Å². The van der Waals surface area contributed by atoms with E-state index in [0.29, 0.717) is 23.3 Å². The van der Waals surface area contributed by atoms with Crippen LogP contribution in [0.25, 0.3) is 0 Å². The van der Waals surface area contributed by atoms with Gasteiger partial charge in [-0.25, -0.2) is 4.68 Å². The molecule has 1 atom stereocenters. The van der Waals surface area contributed by atoms with Crippen molar-refractivity contribution < 1.29 is 4.79 Å². The molecule has 0 fully saturated rings. The molecule has 1 aliphatic heterocycles. The number of carbonyl (C=O) groups excluding carboxylic acids is 1. The highest BCUT2D eigenvalue weighted by molar-refractivity contribution is 7.98. The fourth-order valence-corrected chi connectivity index (χ4v) is 4.86. The number of pyridine rings is 2. The van der Waals surface area contributed by atoms with Gasteiger partial charge in [-0.15, -0.1) is 5.10 Å². The number of nitrogens with one attached hydrogen (secondary N) is 1. The molecule has 3 aromatic rings. The van der Waals surface area contributed by atoms with Crippen LogP contribution in [0.2, 0.25) is 0 Å². The minimum atomic E-state index is -0.315. The lowest BCUT2D eigenvalue weighted by Crippen LogP contribution is -2.36. The van der Waals surface area contributed by atoms with Gasteiger partial charge in [0, 0.05) is 42.0 Å². The monoisotopic (exact) mass is 418 g/mol. The average molecular weight is 419 g/mol. The molecule has 7 nitrogen and oxygen atoms in total. The third-order valence-corrected chi connectivity index (χ3v) is 6.26. The van der Waals surface area contributed by atoms with Crippen LogP contribution < -0.4 is 5.32 Å². The molecule has 30 heavy (non-hydrogen) atoms. The number of anilines is 1. The molecule has 0 bridgehead atoms. The molecule has 0 spiro atoms. The van der Waals surface area contributed by atoms with E-state index in [1.54, 1.807) is 18.6 Å². The van der Waals surface area contributed by atoms with Crippen molar-refractivity contribution in [3.05, 3.63) is 71.4 Å². The first-order valence-electron chi connectivity index (χ1n) is 9.93. The van der Waals surface area contributed by atoms with Crippen molar-refractivity contribution in [1.82, 2.24) is 24.7 Å². The second-order valence-electron chi connectivity index (χ2n) is 8.42. The summed E-state index contributed by atoms with van der Waals surface area (Å²) >= 11 is 1.53. The number of rotatable bonds is 4. The highest BCUT2D eigenvalue weighted by Crippen LogP contribution is 2.45. The lowest BCUT2D eigenvalue weighted by atomic mass is 9.73. The molecular weight excluding hydrogens is 396 g/mol. The van der Waals surface area contributed by atoms with Gasteiger partial charge in [0.15, 0.2) is 5.78 Å². The largest absolute Gasteiger partial charge is 0.328 e. The molecular formula is C22H22N6OS. The fourth-order valence-electron chi connectivity index (χ4n) is 4.12. The van der Waals surface area contributed by atoms with E-state index in [1.165, 1.54) is 11.8 Å². The number of hydrogen-bond acceptors (Lipinski definition) is 7. The molecule has 8 heteroatoms. The van der Waals surface area contributed by atoms with Crippen LogP contribution in [0, 0.1) is 5.41 Å². The SMILES string of the molecule is CC1(C)CC(=O)C2=C(C1)Nc1nc(SCc3ccccn3)nn1[C@@H]2c1cccnc1. The fraction of sp³-hybridized carbons (Fsp3) is 0.318. The number of aromatic nitrogens is 5. The predicted octanol–water partition coefficient (Wildman–Crippen LogP) is 4.02. The Morgan fingerprint density at radius 1 is 1.20 bits per heavy atom. The number of ketones is 1. The number of thioether (sulfide) groups is 1. The molecule has 4 heterocycles. The summed E-state index contributed by atoms with van der Waals surface area (Å²) in [6, 6.07) is 9.43. The first kappa shape index (κ1) is 19.0. The van der Waals surface area contributed by atoms with Crippen LogP contribution in [-0.4, -0.2) is 30.5 Å². The van der Waals surface area contributed by atoms with Gasteiger partial charge in [-0.05, 0) is 35.6 Å². The summed E-state index contributed by atoms with van der Waals surface area (Å²) < 4.78 is 1.83. The van der Waals surface area contributed by atoms with Crippen molar-refractivity contribution in [2.45, 2.75) is 43.6 Å². The van der Waals surface area contributed by atoms with E-state index in [1.807, 2.05) is 35.0 Å². The first-order valence-corrected chi connectivity index (χ1v) is 10.9. The standard InChI is InChI=1S/C22H22N6OS/c1-22(2)10-16-18(17(29)11-22)19(14-6-5-8-23-12-14)28-20(25-16)26-21(27-28)30-13-15-7-3-4-9-24-15/h3-9,12,19H,10-11,13H2,1-2H3,(H,25,26,27)/t19-/m1/s1. The third-order valence-electron chi connectivity index (χ3n) is 5.39. The van der Waals surface area contributed by atoms with Gasteiger partial charge < -0.3 is 5.32 Å². The molecule has 0 unspecified atom stereocenters. The molecule has 0 saturated heterocycles. The van der Waals surface area contributed by atoms with Crippen molar-refractivity contribution in [1.29, 1.82) is 0 Å². The Morgan fingerprint density at radius 3 is 2.87 bits per heavy atom. The van der Waals surface area contributed by atoms with Crippen LogP contribution >= 0.6 is 11.8 Å². The van der Waals surface area contributed by atoms with Gasteiger partial charge in [0.05, 0.1) is 5.69 Å². The molecule has 5 rings (SSSR count). The Hall–Kier alpha value is -3.00. The van der Waals surface area contributed by atoms with Crippen LogP contribution in [0.4, 0.5) is 5.95 Å². The highest BCUT2D eigenvalue weighted by atomic mass is 32.2. The van der Waals surface area contributed by atoms with Crippen LogP contribution in [0.15, 0.2) is 65.3 Å². The maximum absolute atomic E-state index is 13.2. The van der Waals surface area contributed by atoms with Gasteiger partial charge in [0.1, 0.15) is 6.04 Å². The lowest BCUT2D eigenvalue weighted by Gasteiger charge is -2.38. The molecule has 1 aliphatic carbocycles. The van der Waals surface area contributed by atoms with Gasteiger partial charge in [0.2, 0.25) is 11.1 Å². The number of nitrogens with zero attached hydrogens (tertiary/aromatic N) is 5. The Balaban J connectivity index is 1.53. The molecule has 1 N–H and O–H groups in total. The van der Waals surface area contributed by atoms with E-state index in [2.05, 4.69) is 29.1 Å². The van der Waals surface area contributed by atoms with Crippen LogP contribution in [-0.2, 0) is 10.5 Å². The van der Waals surface area contributed by atoms with E-state index in [9.17, 15) is 4.79 Å². The Morgan fingerprint density at radius 2 is 2.10 bits per heavy atom. The number of fused-ring (bicyclic) bond motifs is 1. The predicted molar refractivity (Wildman–Crippen MR) is 115 cm³/mol. The highest BCUT2D eigenvalue weighted by Gasteiger charge is 2.41. The second kappa shape index (κ2) is 7.36. The Bertz CT molecular complexity index is 1120. The zero-order chi connectivity index (χ0) is 20.7. The number of Topliss-reactive ketones (excluding diaryl/α,β-unsaturated/α-hetero) is 1. The van der Waals surface area contributed by atoms with Crippen molar-refractivity contribution >= 4 is 23.5 Å². The maximum Gasteiger partial charge on any atom is 0.227 e. The van der Waals surface area contributed by atoms with Crippen LogP contribution in [0.1, 0.15) is 44.0 Å². The third kappa shape index (κ3) is 3.52. The quantitative estimate of drug-likeness (QED) is 0.641. The van der Waals surface area contributed by atoms with E-state index < -0.39 is 0 Å². The molecule has 0 aromatic carbocycles. The molecule has 0 radical (unpaired) electrons. The molecule has 3 aromatic heterocycles. The maximum atomic E-state index is 13.2. The normalized spacial score (nSPS) is 19.8. The average Bonchev–Trinajstić information content (AvgIpc) is 3.13. The summed E-state index contributed by atoms with van der Waals surface area (Å²) in [5.41, 5.74) is 3.56. The van der Waals surface area contributed by atoms with E-state index in [4.69, 9.17) is 10.1 Å². The number of carbonyl (C=O) groups is 1. The van der Waals surface area contributed by atoms with Gasteiger partial charge in [-0.1, -0.05) is 37.7 Å². The van der Waals surface area contributed by atoms with E-state index >= 15 is 0 Å². The minimum absolute atomic E-state index is 0.0822. The molecule has 152 valence electrons.